The molecule has 25 nitrogen and oxygen atoms in total. The fourth-order valence-corrected chi connectivity index (χ4v) is 16.5. The maximum atomic E-state index is 12.9. The second-order valence-corrected chi connectivity index (χ2v) is 26.8. The van der Waals surface area contributed by atoms with Crippen LogP contribution < -0.4 is 0 Å². The number of carboxylic acids is 1. The molecule has 472 valence electrons. The summed E-state index contributed by atoms with van der Waals surface area (Å²) in [5.74, 6) is -3.19. The Labute approximate surface area is 478 Å². The SMILES string of the molecule is CC(C)=CCCC(C)(OC1OC(COC2OC(C)C(O)C(O)C2O)C(O)C(O)C1O)C1CCC2(C)C1C(O)CC1C3(C)CCC(OC4OC(CO)C(O)C(O)C4OC4OC(COC(=O)CC(=O)O)C(O)C(O)C4O)C(C)(C)C3CCC12C. The van der Waals surface area contributed by atoms with E-state index < -0.39 is 190 Å². The van der Waals surface area contributed by atoms with Crippen LogP contribution in [0.4, 0.5) is 0 Å². The van der Waals surface area contributed by atoms with Crippen LogP contribution in [0.3, 0.4) is 0 Å². The van der Waals surface area contributed by atoms with Gasteiger partial charge in [-0.15, -0.1) is 0 Å². The standard InChI is InChI=1S/C57H94O25/c1-24(2)11-10-15-57(9,82-51-47(73)43(69)40(66)30(79-51)23-75-49-45(71)41(67)37(63)25(3)76-49)26-12-17-56(8)36(26)27(59)19-32-54(6)16-14-33(53(4,5)31(54)13-18-55(32,56)7)80-52-48(44(70)38(64)28(21-58)77-52)81-50-46(72)42(68)39(65)29(78-50)22-74-35(62)20-34(60)61/h11,25-33,36-52,58-59,63-73H,10,12-23H2,1-9H3,(H,60,61). The van der Waals surface area contributed by atoms with E-state index in [4.69, 9.17) is 47.7 Å². The molecule has 4 aliphatic carbocycles. The highest BCUT2D eigenvalue weighted by Gasteiger charge is 2.72. The van der Waals surface area contributed by atoms with Crippen LogP contribution in [0, 0.1) is 45.3 Å². The predicted molar refractivity (Wildman–Crippen MR) is 281 cm³/mol. The van der Waals surface area contributed by atoms with Crippen molar-refractivity contribution in [1.82, 2.24) is 0 Å². The van der Waals surface area contributed by atoms with E-state index in [9.17, 15) is 76.0 Å². The van der Waals surface area contributed by atoms with Gasteiger partial charge in [0, 0.05) is 0 Å². The molecular formula is C57H94O25. The summed E-state index contributed by atoms with van der Waals surface area (Å²) < 4.78 is 54.3. The molecule has 14 N–H and O–H groups in total. The molecule has 30 unspecified atom stereocenters. The van der Waals surface area contributed by atoms with Crippen LogP contribution in [0.1, 0.15) is 127 Å². The Morgan fingerprint density at radius 1 is 0.622 bits per heavy atom. The second kappa shape index (κ2) is 25.1. The van der Waals surface area contributed by atoms with Gasteiger partial charge in [-0.25, -0.2) is 0 Å². The van der Waals surface area contributed by atoms with Gasteiger partial charge in [0.2, 0.25) is 0 Å². The summed E-state index contributed by atoms with van der Waals surface area (Å²) in [6.45, 7) is 16.6. The smallest absolute Gasteiger partial charge is 0.317 e. The third-order valence-corrected chi connectivity index (χ3v) is 21.4. The maximum absolute atomic E-state index is 12.9. The van der Waals surface area contributed by atoms with Crippen LogP contribution >= 0.6 is 0 Å². The summed E-state index contributed by atoms with van der Waals surface area (Å²) in [6, 6.07) is 0. The molecule has 4 saturated heterocycles. The molecular weight excluding hydrogens is 1080 g/mol. The summed E-state index contributed by atoms with van der Waals surface area (Å²) >= 11 is 0. The molecule has 4 aliphatic heterocycles. The molecule has 8 aliphatic rings. The van der Waals surface area contributed by atoms with Gasteiger partial charge in [0.25, 0.3) is 0 Å². The van der Waals surface area contributed by atoms with Gasteiger partial charge in [0.15, 0.2) is 25.2 Å². The quantitative estimate of drug-likeness (QED) is 0.0333. The highest BCUT2D eigenvalue weighted by Crippen LogP contribution is 2.76. The third kappa shape index (κ3) is 12.1. The number of carboxylic acid groups (broad SMARTS) is 1. The van der Waals surface area contributed by atoms with Crippen molar-refractivity contribution < 1.29 is 124 Å². The van der Waals surface area contributed by atoms with E-state index in [1.807, 2.05) is 20.8 Å². The molecule has 0 amide bonds. The predicted octanol–water partition coefficient (Wildman–Crippen LogP) is -1.15. The molecule has 82 heavy (non-hydrogen) atoms. The first kappa shape index (κ1) is 65.8. The summed E-state index contributed by atoms with van der Waals surface area (Å²) in [4.78, 5) is 23.1. The average molecular weight is 1180 g/mol. The number of hydrogen-bond donors (Lipinski definition) is 14. The highest BCUT2D eigenvalue weighted by molar-refractivity contribution is 5.90. The molecule has 25 heteroatoms. The van der Waals surface area contributed by atoms with Crippen LogP contribution in [0.2, 0.25) is 0 Å². The van der Waals surface area contributed by atoms with Gasteiger partial charge in [-0.3, -0.25) is 9.59 Å². The van der Waals surface area contributed by atoms with Crippen molar-refractivity contribution in [1.29, 1.82) is 0 Å². The average Bonchev–Trinajstić information content (AvgIpc) is 1.26. The minimum Gasteiger partial charge on any atom is -0.481 e. The lowest BCUT2D eigenvalue weighted by Crippen LogP contribution is -2.68. The molecule has 4 heterocycles. The lowest BCUT2D eigenvalue weighted by atomic mass is 9.35. The third-order valence-electron chi connectivity index (χ3n) is 21.4. The van der Waals surface area contributed by atoms with Gasteiger partial charge in [-0.1, -0.05) is 46.3 Å². The first-order chi connectivity index (χ1) is 38.3. The zero-order chi connectivity index (χ0) is 60.5. The number of carbonyl (C=O) groups is 2. The minimum atomic E-state index is -1.95. The van der Waals surface area contributed by atoms with Gasteiger partial charge in [-0.05, 0) is 131 Å². The number of ether oxygens (including phenoxy) is 9. The number of fused-ring (bicyclic) bond motifs is 5. The number of allylic oxidation sites excluding steroid dienone is 2. The number of esters is 1. The summed E-state index contributed by atoms with van der Waals surface area (Å²) in [5.41, 5.74) is -1.73. The minimum absolute atomic E-state index is 0.00692. The fraction of sp³-hybridized carbons (Fsp3) is 0.930. The highest BCUT2D eigenvalue weighted by atomic mass is 16.8. The van der Waals surface area contributed by atoms with Crippen molar-refractivity contribution in [2.45, 2.75) is 267 Å². The Bertz CT molecular complexity index is 2220. The van der Waals surface area contributed by atoms with Crippen molar-refractivity contribution in [3.05, 3.63) is 11.6 Å². The lowest BCUT2D eigenvalue weighted by Gasteiger charge is -2.71. The van der Waals surface area contributed by atoms with Crippen molar-refractivity contribution in [2.24, 2.45) is 45.3 Å². The van der Waals surface area contributed by atoms with E-state index in [2.05, 4.69) is 40.7 Å². The molecule has 30 atom stereocenters. The first-order valence-electron chi connectivity index (χ1n) is 29.3. The van der Waals surface area contributed by atoms with E-state index in [1.54, 1.807) is 0 Å². The number of hydrogen-bond acceptors (Lipinski definition) is 24. The Morgan fingerprint density at radius 3 is 1.83 bits per heavy atom. The van der Waals surface area contributed by atoms with Crippen LogP contribution in [0.25, 0.3) is 0 Å². The number of aliphatic carboxylic acids is 1. The van der Waals surface area contributed by atoms with Gasteiger partial charge in [0.05, 0.1) is 37.1 Å². The van der Waals surface area contributed by atoms with Crippen LogP contribution in [-0.2, 0) is 52.2 Å². The Morgan fingerprint density at radius 2 is 1.20 bits per heavy atom. The van der Waals surface area contributed by atoms with Gasteiger partial charge < -0.3 is 114 Å². The molecule has 0 spiro atoms. The van der Waals surface area contributed by atoms with E-state index in [1.165, 1.54) is 6.92 Å². The van der Waals surface area contributed by atoms with Gasteiger partial charge in [-0.2, -0.15) is 0 Å². The Balaban J connectivity index is 0.998. The monoisotopic (exact) mass is 1180 g/mol. The summed E-state index contributed by atoms with van der Waals surface area (Å²) in [5, 5.41) is 152. The normalized spacial score (nSPS) is 50.0. The largest absolute Gasteiger partial charge is 0.481 e. The zero-order valence-electron chi connectivity index (χ0n) is 48.5. The molecule has 8 rings (SSSR count). The zero-order valence-corrected chi connectivity index (χ0v) is 48.5. The fourth-order valence-electron chi connectivity index (χ4n) is 16.5. The van der Waals surface area contributed by atoms with Crippen LogP contribution in [-0.4, -0.2) is 244 Å². The molecule has 0 radical (unpaired) electrons. The molecule has 0 aromatic heterocycles. The molecule has 8 fully saturated rings. The maximum Gasteiger partial charge on any atom is 0.317 e. The van der Waals surface area contributed by atoms with Crippen molar-refractivity contribution in [3.63, 3.8) is 0 Å². The van der Waals surface area contributed by atoms with Crippen molar-refractivity contribution in [2.75, 3.05) is 19.8 Å². The van der Waals surface area contributed by atoms with Gasteiger partial charge in [0.1, 0.15) is 105 Å². The molecule has 4 saturated carbocycles. The van der Waals surface area contributed by atoms with E-state index in [0.29, 0.717) is 38.5 Å². The summed E-state index contributed by atoms with van der Waals surface area (Å²) in [7, 11) is 0. The van der Waals surface area contributed by atoms with Crippen molar-refractivity contribution >= 4 is 11.9 Å². The number of aliphatic hydroxyl groups excluding tert-OH is 13. The Hall–Kier alpha value is -2.16. The molecule has 0 bridgehead atoms. The van der Waals surface area contributed by atoms with E-state index >= 15 is 0 Å². The van der Waals surface area contributed by atoms with E-state index in [-0.39, 0.29) is 34.5 Å². The number of carbonyl (C=O) groups excluding carboxylic acids is 1. The lowest BCUT2D eigenvalue weighted by molar-refractivity contribution is -0.378. The number of aliphatic hydroxyl groups is 13. The second-order valence-electron chi connectivity index (χ2n) is 26.8. The van der Waals surface area contributed by atoms with Crippen LogP contribution in [0.5, 0.6) is 0 Å². The number of rotatable bonds is 18. The van der Waals surface area contributed by atoms with Crippen LogP contribution in [0.15, 0.2) is 11.6 Å². The van der Waals surface area contributed by atoms with Crippen molar-refractivity contribution in [3.8, 4) is 0 Å². The summed E-state index contributed by atoms with van der Waals surface area (Å²) in [6.07, 6.45) is -26.6. The topological polar surface area (TPSA) is 400 Å². The van der Waals surface area contributed by atoms with Gasteiger partial charge >= 0.3 is 11.9 Å². The first-order valence-corrected chi connectivity index (χ1v) is 29.3. The molecule has 0 aromatic rings. The van der Waals surface area contributed by atoms with E-state index in [0.717, 1.165) is 24.8 Å². The molecule has 0 aromatic carbocycles. The Kier molecular flexibility index (Phi) is 20.2.